The topological polar surface area (TPSA) is 75.2 Å². The number of methoxy groups -OCH3 is 1. The molecule has 17 heavy (non-hydrogen) atoms. The maximum absolute atomic E-state index is 8.07. The summed E-state index contributed by atoms with van der Waals surface area (Å²) < 4.78 is 5.06. The third kappa shape index (κ3) is 3.29. The highest BCUT2D eigenvalue weighted by molar-refractivity contribution is 5.95. The van der Waals surface area contributed by atoms with E-state index >= 15 is 0 Å². The fraction of sp³-hybridized carbons (Fsp3) is 0.333. The second-order valence-corrected chi connectivity index (χ2v) is 3.69. The van der Waals surface area contributed by atoms with E-state index in [1.807, 2.05) is 6.92 Å². The number of nitrogens with zero attached hydrogens (tertiary/aromatic N) is 2. The van der Waals surface area contributed by atoms with Gasteiger partial charge in [0.2, 0.25) is 0 Å². The van der Waals surface area contributed by atoms with Gasteiger partial charge in [-0.3, -0.25) is 5.41 Å². The molecule has 1 aromatic rings. The summed E-state index contributed by atoms with van der Waals surface area (Å²) in [6.45, 7) is 6.16. The van der Waals surface area contributed by atoms with Gasteiger partial charge in [-0.2, -0.15) is 0 Å². The van der Waals surface area contributed by atoms with E-state index in [0.29, 0.717) is 18.1 Å². The molecule has 0 spiro atoms. The van der Waals surface area contributed by atoms with Gasteiger partial charge in [-0.25, -0.2) is 4.98 Å². The van der Waals surface area contributed by atoms with Crippen LogP contribution >= 0.6 is 0 Å². The van der Waals surface area contributed by atoms with Gasteiger partial charge in [0.25, 0.3) is 0 Å². The van der Waals surface area contributed by atoms with Crippen molar-refractivity contribution < 1.29 is 4.74 Å². The van der Waals surface area contributed by atoms with Crippen molar-refractivity contribution in [1.29, 1.82) is 5.41 Å². The van der Waals surface area contributed by atoms with E-state index in [4.69, 9.17) is 15.9 Å². The van der Waals surface area contributed by atoms with Crippen molar-refractivity contribution in [1.82, 2.24) is 9.88 Å². The summed E-state index contributed by atoms with van der Waals surface area (Å²) in [4.78, 5) is 5.81. The van der Waals surface area contributed by atoms with Gasteiger partial charge >= 0.3 is 0 Å². The maximum Gasteiger partial charge on any atom is 0.151 e. The lowest BCUT2D eigenvalue weighted by atomic mass is 10.2. The zero-order valence-corrected chi connectivity index (χ0v) is 10.2. The van der Waals surface area contributed by atoms with Crippen LogP contribution < -0.4 is 5.73 Å². The quantitative estimate of drug-likeness (QED) is 0.597. The number of nitrogen functional groups attached to an aromatic ring is 1. The van der Waals surface area contributed by atoms with Crippen LogP contribution in [0.15, 0.2) is 31.0 Å². The Morgan fingerprint density at radius 1 is 1.71 bits per heavy atom. The molecule has 0 bridgehead atoms. The summed E-state index contributed by atoms with van der Waals surface area (Å²) in [5.74, 6) is 0.660. The molecule has 0 aliphatic carbocycles. The zero-order chi connectivity index (χ0) is 12.8. The van der Waals surface area contributed by atoms with Crippen molar-refractivity contribution in [3.63, 3.8) is 0 Å². The average Bonchev–Trinajstić information content (AvgIpc) is 2.30. The Morgan fingerprint density at radius 2 is 2.41 bits per heavy atom. The van der Waals surface area contributed by atoms with Crippen LogP contribution in [-0.2, 0) is 4.74 Å². The smallest absolute Gasteiger partial charge is 0.151 e. The van der Waals surface area contributed by atoms with E-state index in [2.05, 4.69) is 11.6 Å². The standard InChI is InChI=1S/C12H18N4O/c1-4-16(9(2)8-17-3)12(14)10-6-5-7-11(13)15-10/h4-7,9,14H,1,8H2,2-3H3,(H2,13,15)/t9-/m1/s1. The number of nitrogens with two attached hydrogens (primary N) is 1. The molecule has 5 heteroatoms. The van der Waals surface area contributed by atoms with Crippen LogP contribution in [0.2, 0.25) is 0 Å². The largest absolute Gasteiger partial charge is 0.384 e. The molecule has 5 nitrogen and oxygen atoms in total. The lowest BCUT2D eigenvalue weighted by Crippen LogP contribution is -2.37. The third-order valence-corrected chi connectivity index (χ3v) is 2.35. The number of hydrogen-bond acceptors (Lipinski definition) is 4. The van der Waals surface area contributed by atoms with E-state index in [-0.39, 0.29) is 11.9 Å². The molecule has 0 aromatic carbocycles. The van der Waals surface area contributed by atoms with Gasteiger partial charge in [-0.05, 0) is 25.3 Å². The molecule has 1 rings (SSSR count). The molecule has 0 radical (unpaired) electrons. The number of pyridine rings is 1. The van der Waals surface area contributed by atoms with Crippen molar-refractivity contribution in [2.45, 2.75) is 13.0 Å². The van der Waals surface area contributed by atoms with Crippen LogP contribution in [0.5, 0.6) is 0 Å². The van der Waals surface area contributed by atoms with Gasteiger partial charge in [0.1, 0.15) is 11.5 Å². The predicted octanol–water partition coefficient (Wildman–Crippen LogP) is 1.47. The number of amidine groups is 1. The minimum absolute atomic E-state index is 0.0215. The Balaban J connectivity index is 2.90. The van der Waals surface area contributed by atoms with Crippen LogP contribution in [0.4, 0.5) is 5.82 Å². The first-order chi connectivity index (χ1) is 8.10. The van der Waals surface area contributed by atoms with Crippen LogP contribution in [-0.4, -0.2) is 35.5 Å². The van der Waals surface area contributed by atoms with Crippen molar-refractivity contribution in [3.8, 4) is 0 Å². The van der Waals surface area contributed by atoms with Gasteiger partial charge in [0, 0.05) is 7.11 Å². The van der Waals surface area contributed by atoms with Crippen molar-refractivity contribution in [3.05, 3.63) is 36.7 Å². The summed E-state index contributed by atoms with van der Waals surface area (Å²) in [6, 6.07) is 5.23. The summed E-state index contributed by atoms with van der Waals surface area (Å²) in [5, 5.41) is 8.07. The Bertz CT molecular complexity index is 405. The van der Waals surface area contributed by atoms with Gasteiger partial charge in [-0.15, -0.1) is 0 Å². The number of ether oxygens (including phenoxy) is 1. The van der Waals surface area contributed by atoms with Crippen LogP contribution in [0.25, 0.3) is 0 Å². The number of hydrogen-bond donors (Lipinski definition) is 2. The fourth-order valence-corrected chi connectivity index (χ4v) is 1.53. The second-order valence-electron chi connectivity index (χ2n) is 3.69. The molecule has 1 aromatic heterocycles. The van der Waals surface area contributed by atoms with Crippen molar-refractivity contribution >= 4 is 11.7 Å². The van der Waals surface area contributed by atoms with Crippen LogP contribution in [0.1, 0.15) is 12.6 Å². The Morgan fingerprint density at radius 3 is 2.94 bits per heavy atom. The molecule has 92 valence electrons. The molecule has 0 amide bonds. The van der Waals surface area contributed by atoms with E-state index in [1.165, 1.54) is 0 Å². The Kier molecular flexibility index (Phi) is 4.66. The Hall–Kier alpha value is -1.88. The van der Waals surface area contributed by atoms with Gasteiger partial charge in [0.05, 0.1) is 12.6 Å². The number of nitrogens with one attached hydrogen (secondary N) is 1. The molecule has 0 aliphatic rings. The minimum Gasteiger partial charge on any atom is -0.384 e. The highest BCUT2D eigenvalue weighted by Crippen LogP contribution is 2.09. The molecular formula is C12H18N4O. The SMILES string of the molecule is C=CN(C(=N)c1cccc(N)n1)[C@H](C)COC. The fourth-order valence-electron chi connectivity index (χ4n) is 1.53. The first-order valence-corrected chi connectivity index (χ1v) is 5.31. The van der Waals surface area contributed by atoms with Crippen LogP contribution in [0, 0.1) is 5.41 Å². The minimum atomic E-state index is 0.0215. The lowest BCUT2D eigenvalue weighted by molar-refractivity contribution is 0.151. The van der Waals surface area contributed by atoms with Gasteiger partial charge < -0.3 is 15.4 Å². The highest BCUT2D eigenvalue weighted by atomic mass is 16.5. The number of rotatable bonds is 5. The summed E-state index contributed by atoms with van der Waals surface area (Å²) in [7, 11) is 1.63. The molecule has 0 fully saturated rings. The first kappa shape index (κ1) is 13.2. The zero-order valence-electron chi connectivity index (χ0n) is 10.2. The first-order valence-electron chi connectivity index (χ1n) is 5.31. The van der Waals surface area contributed by atoms with Gasteiger partial charge in [-0.1, -0.05) is 12.6 Å². The molecule has 0 saturated heterocycles. The number of anilines is 1. The normalized spacial score (nSPS) is 11.9. The van der Waals surface area contributed by atoms with Crippen molar-refractivity contribution in [2.75, 3.05) is 19.5 Å². The summed E-state index contributed by atoms with van der Waals surface area (Å²) in [5.41, 5.74) is 6.12. The Labute approximate surface area is 101 Å². The van der Waals surface area contributed by atoms with E-state index in [0.717, 1.165) is 0 Å². The number of aromatic nitrogens is 1. The van der Waals surface area contributed by atoms with Gasteiger partial charge in [0.15, 0.2) is 5.84 Å². The van der Waals surface area contributed by atoms with E-state index in [9.17, 15) is 0 Å². The molecule has 0 aliphatic heterocycles. The average molecular weight is 234 g/mol. The van der Waals surface area contributed by atoms with Crippen molar-refractivity contribution in [2.24, 2.45) is 0 Å². The van der Waals surface area contributed by atoms with E-state index < -0.39 is 0 Å². The molecule has 0 unspecified atom stereocenters. The third-order valence-electron chi connectivity index (χ3n) is 2.35. The molecule has 1 heterocycles. The highest BCUT2D eigenvalue weighted by Gasteiger charge is 2.16. The maximum atomic E-state index is 8.07. The second kappa shape index (κ2) is 6.00. The summed E-state index contributed by atoms with van der Waals surface area (Å²) in [6.07, 6.45) is 1.59. The van der Waals surface area contributed by atoms with E-state index in [1.54, 1.807) is 36.4 Å². The molecule has 1 atom stereocenters. The molecule has 3 N–H and O–H groups in total. The lowest BCUT2D eigenvalue weighted by Gasteiger charge is -2.26. The van der Waals surface area contributed by atoms with Crippen LogP contribution in [0.3, 0.4) is 0 Å². The molecule has 0 saturated carbocycles. The molecular weight excluding hydrogens is 216 g/mol. The predicted molar refractivity (Wildman–Crippen MR) is 68.9 cm³/mol. The monoisotopic (exact) mass is 234 g/mol. The summed E-state index contributed by atoms with van der Waals surface area (Å²) >= 11 is 0.